The van der Waals surface area contributed by atoms with Gasteiger partial charge in [0.15, 0.2) is 0 Å². The van der Waals surface area contributed by atoms with Crippen LogP contribution < -0.4 is 5.32 Å². The van der Waals surface area contributed by atoms with Crippen LogP contribution in [0.25, 0.3) is 0 Å². The molecule has 1 aromatic rings. The van der Waals surface area contributed by atoms with Crippen molar-refractivity contribution in [1.82, 2.24) is 10.2 Å². The SMILES string of the molecule is CCC1(CC)CCN(Cc2occc2CNC(C)(C)C)C1. The summed E-state index contributed by atoms with van der Waals surface area (Å²) < 4.78 is 5.75. The second kappa shape index (κ2) is 6.53. The number of nitrogens with one attached hydrogen (secondary N) is 1. The molecule has 0 aliphatic carbocycles. The van der Waals surface area contributed by atoms with Gasteiger partial charge in [-0.15, -0.1) is 0 Å². The molecule has 1 N–H and O–H groups in total. The van der Waals surface area contributed by atoms with Gasteiger partial charge in [-0.1, -0.05) is 13.8 Å². The third kappa shape index (κ3) is 4.33. The molecule has 1 fully saturated rings. The van der Waals surface area contributed by atoms with Gasteiger partial charge in [0, 0.05) is 24.2 Å². The highest BCUT2D eigenvalue weighted by atomic mass is 16.3. The van der Waals surface area contributed by atoms with Crippen molar-refractivity contribution in [3.05, 3.63) is 23.7 Å². The van der Waals surface area contributed by atoms with E-state index in [1.807, 2.05) is 6.26 Å². The molecule has 21 heavy (non-hydrogen) atoms. The molecule has 1 aliphatic rings. The van der Waals surface area contributed by atoms with Gasteiger partial charge in [-0.25, -0.2) is 0 Å². The maximum atomic E-state index is 5.75. The summed E-state index contributed by atoms with van der Waals surface area (Å²) in [4.78, 5) is 2.56. The third-order valence-electron chi connectivity index (χ3n) is 5.03. The maximum Gasteiger partial charge on any atom is 0.122 e. The molecule has 2 heterocycles. The lowest BCUT2D eigenvalue weighted by atomic mass is 9.82. The molecular formula is C18H32N2O. The molecule has 0 unspecified atom stereocenters. The molecule has 0 atom stereocenters. The predicted molar refractivity (Wildman–Crippen MR) is 88.2 cm³/mol. The van der Waals surface area contributed by atoms with Crippen LogP contribution in [0, 0.1) is 5.41 Å². The van der Waals surface area contributed by atoms with Crippen LogP contribution in [0.15, 0.2) is 16.7 Å². The first-order valence-corrected chi connectivity index (χ1v) is 8.40. The Hall–Kier alpha value is -0.800. The highest BCUT2D eigenvalue weighted by Gasteiger charge is 2.35. The minimum absolute atomic E-state index is 0.141. The Balaban J connectivity index is 1.94. The minimum Gasteiger partial charge on any atom is -0.468 e. The summed E-state index contributed by atoms with van der Waals surface area (Å²) in [7, 11) is 0. The van der Waals surface area contributed by atoms with Crippen LogP contribution in [-0.4, -0.2) is 23.5 Å². The fourth-order valence-corrected chi connectivity index (χ4v) is 3.22. The summed E-state index contributed by atoms with van der Waals surface area (Å²) in [5.74, 6) is 1.13. The lowest BCUT2D eigenvalue weighted by molar-refractivity contribution is 0.225. The Bertz CT molecular complexity index is 440. The first kappa shape index (κ1) is 16.6. The molecule has 2 rings (SSSR count). The summed E-state index contributed by atoms with van der Waals surface area (Å²) in [5, 5.41) is 3.55. The molecule has 0 amide bonds. The van der Waals surface area contributed by atoms with Crippen molar-refractivity contribution in [2.75, 3.05) is 13.1 Å². The summed E-state index contributed by atoms with van der Waals surface area (Å²) in [6.45, 7) is 15.5. The molecule has 120 valence electrons. The maximum absolute atomic E-state index is 5.75. The molecule has 3 nitrogen and oxygen atoms in total. The molecule has 1 saturated heterocycles. The summed E-state index contributed by atoms with van der Waals surface area (Å²) in [6.07, 6.45) is 5.74. The van der Waals surface area contributed by atoms with E-state index in [1.165, 1.54) is 37.9 Å². The highest BCUT2D eigenvalue weighted by Crippen LogP contribution is 2.37. The largest absolute Gasteiger partial charge is 0.468 e. The van der Waals surface area contributed by atoms with Crippen molar-refractivity contribution >= 4 is 0 Å². The topological polar surface area (TPSA) is 28.4 Å². The van der Waals surface area contributed by atoms with Crippen molar-refractivity contribution in [3.63, 3.8) is 0 Å². The van der Waals surface area contributed by atoms with Crippen molar-refractivity contribution in [2.24, 2.45) is 5.41 Å². The van der Waals surface area contributed by atoms with Crippen LogP contribution in [0.2, 0.25) is 0 Å². The van der Waals surface area contributed by atoms with Crippen LogP contribution in [0.3, 0.4) is 0 Å². The smallest absolute Gasteiger partial charge is 0.122 e. The van der Waals surface area contributed by atoms with E-state index in [0.29, 0.717) is 5.41 Å². The van der Waals surface area contributed by atoms with Gasteiger partial charge in [0.1, 0.15) is 5.76 Å². The second-order valence-corrected chi connectivity index (χ2v) is 7.64. The standard InChI is InChI=1S/C18H32N2O/c1-6-18(7-2)9-10-20(14-18)13-16-15(8-11-21-16)12-19-17(3,4)5/h8,11,19H,6-7,9-10,12-14H2,1-5H3. The van der Waals surface area contributed by atoms with Gasteiger partial charge in [0.25, 0.3) is 0 Å². The molecule has 0 aromatic carbocycles. The van der Waals surface area contributed by atoms with E-state index in [9.17, 15) is 0 Å². The number of likely N-dealkylation sites (tertiary alicyclic amines) is 1. The monoisotopic (exact) mass is 292 g/mol. The number of furan rings is 1. The minimum atomic E-state index is 0.141. The lowest BCUT2D eigenvalue weighted by Gasteiger charge is -2.26. The molecule has 3 heteroatoms. The molecule has 0 bridgehead atoms. The van der Waals surface area contributed by atoms with Gasteiger partial charge in [-0.3, -0.25) is 4.90 Å². The first-order valence-electron chi connectivity index (χ1n) is 8.40. The van der Waals surface area contributed by atoms with Gasteiger partial charge in [0.2, 0.25) is 0 Å². The first-order chi connectivity index (χ1) is 9.87. The zero-order valence-corrected chi connectivity index (χ0v) is 14.5. The molecular weight excluding hydrogens is 260 g/mol. The van der Waals surface area contributed by atoms with Gasteiger partial charge in [0.05, 0.1) is 12.8 Å². The predicted octanol–water partition coefficient (Wildman–Crippen LogP) is 4.18. The van der Waals surface area contributed by atoms with E-state index in [4.69, 9.17) is 4.42 Å². The van der Waals surface area contributed by atoms with E-state index in [1.54, 1.807) is 0 Å². The quantitative estimate of drug-likeness (QED) is 0.852. The average molecular weight is 292 g/mol. The Morgan fingerprint density at radius 1 is 1.29 bits per heavy atom. The van der Waals surface area contributed by atoms with Gasteiger partial charge < -0.3 is 9.73 Å². The lowest BCUT2D eigenvalue weighted by Crippen LogP contribution is -2.35. The van der Waals surface area contributed by atoms with Crippen molar-refractivity contribution in [1.29, 1.82) is 0 Å². The Morgan fingerprint density at radius 3 is 2.57 bits per heavy atom. The van der Waals surface area contributed by atoms with Crippen molar-refractivity contribution in [2.45, 2.75) is 72.5 Å². The fourth-order valence-electron chi connectivity index (χ4n) is 3.22. The summed E-state index contributed by atoms with van der Waals surface area (Å²) in [6, 6.07) is 2.11. The number of nitrogens with zero attached hydrogens (tertiary/aromatic N) is 1. The number of hydrogen-bond acceptors (Lipinski definition) is 3. The zero-order chi connectivity index (χ0) is 15.5. The fraction of sp³-hybridized carbons (Fsp3) is 0.778. The Labute approximate surface area is 130 Å². The Morgan fingerprint density at radius 2 is 2.00 bits per heavy atom. The zero-order valence-electron chi connectivity index (χ0n) is 14.5. The summed E-state index contributed by atoms with van der Waals surface area (Å²) in [5.41, 5.74) is 1.98. The Kier molecular flexibility index (Phi) is 5.15. The van der Waals surface area contributed by atoms with E-state index >= 15 is 0 Å². The molecule has 1 aromatic heterocycles. The van der Waals surface area contributed by atoms with Crippen molar-refractivity contribution < 1.29 is 4.42 Å². The molecule has 1 aliphatic heterocycles. The van der Waals surface area contributed by atoms with Gasteiger partial charge >= 0.3 is 0 Å². The van der Waals surface area contributed by atoms with Crippen LogP contribution in [0.4, 0.5) is 0 Å². The number of rotatable bonds is 6. The van der Waals surface area contributed by atoms with Crippen LogP contribution in [0.5, 0.6) is 0 Å². The van der Waals surface area contributed by atoms with Crippen molar-refractivity contribution in [3.8, 4) is 0 Å². The summed E-state index contributed by atoms with van der Waals surface area (Å²) >= 11 is 0. The molecule has 0 spiro atoms. The third-order valence-corrected chi connectivity index (χ3v) is 5.03. The van der Waals surface area contributed by atoms with Crippen LogP contribution in [-0.2, 0) is 13.1 Å². The van der Waals surface area contributed by atoms with E-state index < -0.39 is 0 Å². The van der Waals surface area contributed by atoms with E-state index in [2.05, 4.69) is 50.9 Å². The average Bonchev–Trinajstić information content (AvgIpc) is 3.04. The van der Waals surface area contributed by atoms with Crippen LogP contribution >= 0.6 is 0 Å². The van der Waals surface area contributed by atoms with Gasteiger partial charge in [-0.05, 0) is 58.1 Å². The number of hydrogen-bond donors (Lipinski definition) is 1. The second-order valence-electron chi connectivity index (χ2n) is 7.64. The highest BCUT2D eigenvalue weighted by molar-refractivity contribution is 5.17. The molecule has 0 saturated carbocycles. The van der Waals surface area contributed by atoms with E-state index in [0.717, 1.165) is 18.8 Å². The molecule has 0 radical (unpaired) electrons. The van der Waals surface area contributed by atoms with E-state index in [-0.39, 0.29) is 5.54 Å². The normalized spacial score (nSPS) is 19.3. The van der Waals surface area contributed by atoms with Gasteiger partial charge in [-0.2, -0.15) is 0 Å². The van der Waals surface area contributed by atoms with Crippen LogP contribution in [0.1, 0.15) is 65.2 Å².